The zero-order chi connectivity index (χ0) is 22.8. The van der Waals surface area contributed by atoms with Crippen LogP contribution in [-0.4, -0.2) is 29.1 Å². The summed E-state index contributed by atoms with van der Waals surface area (Å²) in [5.41, 5.74) is 3.57. The molecule has 4 heterocycles. The molecule has 0 aliphatic rings. The van der Waals surface area contributed by atoms with E-state index in [2.05, 4.69) is 19.9 Å². The predicted octanol–water partition coefficient (Wildman–Crippen LogP) is 3.33. The van der Waals surface area contributed by atoms with Gasteiger partial charge in [-0.05, 0) is 38.1 Å². The molecule has 0 amide bonds. The molecule has 0 unspecified atom stereocenters. The van der Waals surface area contributed by atoms with Gasteiger partial charge in [0.2, 0.25) is 0 Å². The van der Waals surface area contributed by atoms with E-state index in [1.807, 2.05) is 39.8 Å². The number of fused-ring (bicyclic) bond motifs is 2. The Balaban J connectivity index is 0.000000258. The lowest BCUT2D eigenvalue weighted by molar-refractivity contribution is 0.855. The van der Waals surface area contributed by atoms with E-state index in [1.165, 1.54) is 9.13 Å². The van der Waals surface area contributed by atoms with Crippen LogP contribution in [0.1, 0.15) is 39.1 Å². The third-order valence-electron chi connectivity index (χ3n) is 3.97. The molecule has 0 N–H and O–H groups in total. The Hall–Kier alpha value is -3.42. The summed E-state index contributed by atoms with van der Waals surface area (Å²) in [6.45, 7) is 11.4. The van der Waals surface area contributed by atoms with Crippen molar-refractivity contribution in [2.45, 2.75) is 41.5 Å². The number of nitrogens with zero attached hydrogens (tertiary/aromatic N) is 6. The van der Waals surface area contributed by atoms with Gasteiger partial charge < -0.3 is 0 Å². The highest BCUT2D eigenvalue weighted by atomic mass is 16.1. The van der Waals surface area contributed by atoms with Crippen molar-refractivity contribution >= 4 is 22.3 Å². The first-order valence-electron chi connectivity index (χ1n) is 9.97. The summed E-state index contributed by atoms with van der Waals surface area (Å²) in [4.78, 5) is 39.3. The number of rotatable bonds is 0. The van der Waals surface area contributed by atoms with Crippen LogP contribution in [0.2, 0.25) is 0 Å². The number of aryl methyl sites for hydroxylation is 4. The van der Waals surface area contributed by atoms with Crippen LogP contribution in [0.15, 0.2) is 46.2 Å². The van der Waals surface area contributed by atoms with Gasteiger partial charge >= 0.3 is 0 Å². The Labute approximate surface area is 176 Å². The largest absolute Gasteiger partial charge is 0.293 e. The zero-order valence-electron chi connectivity index (χ0n) is 19.0. The maximum Gasteiger partial charge on any atom is 0.273 e. The second kappa shape index (κ2) is 11.5. The molecule has 0 aliphatic heterocycles. The van der Waals surface area contributed by atoms with Crippen LogP contribution in [0, 0.1) is 13.8 Å². The Kier molecular flexibility index (Phi) is 9.48. The smallest absolute Gasteiger partial charge is 0.273 e. The molecule has 0 saturated heterocycles. The van der Waals surface area contributed by atoms with Crippen molar-refractivity contribution in [1.82, 2.24) is 29.1 Å². The van der Waals surface area contributed by atoms with E-state index in [1.54, 1.807) is 52.5 Å². The normalized spacial score (nSPS) is 9.60. The summed E-state index contributed by atoms with van der Waals surface area (Å²) < 4.78 is 3.02. The second-order valence-corrected chi connectivity index (χ2v) is 5.82. The third kappa shape index (κ3) is 5.34. The minimum atomic E-state index is -0.0915. The lowest BCUT2D eigenvalue weighted by atomic mass is 10.4. The molecule has 8 heteroatoms. The third-order valence-corrected chi connectivity index (χ3v) is 3.97. The van der Waals surface area contributed by atoms with Crippen molar-refractivity contribution in [2.24, 2.45) is 14.1 Å². The number of aromatic nitrogens is 6. The van der Waals surface area contributed by atoms with E-state index in [9.17, 15) is 9.59 Å². The Morgan fingerprint density at radius 2 is 1.00 bits per heavy atom. The topological polar surface area (TPSA) is 95.6 Å². The molecule has 0 saturated carbocycles. The van der Waals surface area contributed by atoms with Gasteiger partial charge in [-0.25, -0.2) is 19.9 Å². The van der Waals surface area contributed by atoms with Crippen molar-refractivity contribution in [3.63, 3.8) is 0 Å². The van der Waals surface area contributed by atoms with Crippen molar-refractivity contribution in [1.29, 1.82) is 0 Å². The molecule has 0 spiro atoms. The molecule has 0 bridgehead atoms. The maximum atomic E-state index is 11.4. The fraction of sp³-hybridized carbons (Fsp3) is 0.364. The molecular weight excluding hydrogens is 380 g/mol. The molecular formula is C22H30N6O2. The summed E-state index contributed by atoms with van der Waals surface area (Å²) in [6, 6.07) is 7.29. The van der Waals surface area contributed by atoms with Crippen LogP contribution in [0.25, 0.3) is 22.3 Å². The van der Waals surface area contributed by atoms with Crippen molar-refractivity contribution in [3.8, 4) is 0 Å². The fourth-order valence-electron chi connectivity index (χ4n) is 2.60. The minimum absolute atomic E-state index is 0.0915. The van der Waals surface area contributed by atoms with Crippen LogP contribution in [0.3, 0.4) is 0 Å². The molecule has 4 aromatic heterocycles. The Morgan fingerprint density at radius 3 is 1.33 bits per heavy atom. The van der Waals surface area contributed by atoms with Gasteiger partial charge in [0.25, 0.3) is 11.1 Å². The average molecular weight is 411 g/mol. The van der Waals surface area contributed by atoms with Crippen molar-refractivity contribution in [2.75, 3.05) is 0 Å². The number of hydrogen-bond donors (Lipinski definition) is 0. The summed E-state index contributed by atoms with van der Waals surface area (Å²) in [7, 11) is 3.40. The van der Waals surface area contributed by atoms with E-state index in [0.717, 1.165) is 11.0 Å². The van der Waals surface area contributed by atoms with Gasteiger partial charge in [0, 0.05) is 26.5 Å². The van der Waals surface area contributed by atoms with Crippen molar-refractivity contribution in [3.05, 3.63) is 68.8 Å². The highest BCUT2D eigenvalue weighted by molar-refractivity contribution is 5.70. The van der Waals surface area contributed by atoms with Gasteiger partial charge in [-0.1, -0.05) is 27.7 Å². The molecule has 8 nitrogen and oxygen atoms in total. The molecule has 4 aromatic rings. The van der Waals surface area contributed by atoms with E-state index in [-0.39, 0.29) is 11.1 Å². The predicted molar refractivity (Wildman–Crippen MR) is 122 cm³/mol. The van der Waals surface area contributed by atoms with Gasteiger partial charge in [-0.15, -0.1) is 0 Å². The lowest BCUT2D eigenvalue weighted by Crippen LogP contribution is -2.21. The second-order valence-electron chi connectivity index (χ2n) is 5.82. The van der Waals surface area contributed by atoms with Crippen LogP contribution in [0.5, 0.6) is 0 Å². The van der Waals surface area contributed by atoms with Crippen LogP contribution < -0.4 is 11.1 Å². The van der Waals surface area contributed by atoms with Gasteiger partial charge in [0.1, 0.15) is 22.4 Å². The zero-order valence-corrected chi connectivity index (χ0v) is 19.0. The Bertz CT molecular complexity index is 1130. The molecule has 30 heavy (non-hydrogen) atoms. The van der Waals surface area contributed by atoms with E-state index >= 15 is 0 Å². The highest BCUT2D eigenvalue weighted by Crippen LogP contribution is 2.05. The summed E-state index contributed by atoms with van der Waals surface area (Å²) >= 11 is 0. The molecule has 0 aliphatic carbocycles. The monoisotopic (exact) mass is 410 g/mol. The first kappa shape index (κ1) is 24.6. The summed E-state index contributed by atoms with van der Waals surface area (Å²) in [5, 5.41) is 0. The van der Waals surface area contributed by atoms with Gasteiger partial charge in [0.05, 0.1) is 0 Å². The maximum absolute atomic E-state index is 11.4. The van der Waals surface area contributed by atoms with E-state index in [0.29, 0.717) is 22.7 Å². The molecule has 160 valence electrons. The van der Waals surface area contributed by atoms with Crippen LogP contribution in [-0.2, 0) is 14.1 Å². The van der Waals surface area contributed by atoms with Gasteiger partial charge in [-0.3, -0.25) is 18.7 Å². The molecule has 0 radical (unpaired) electrons. The van der Waals surface area contributed by atoms with E-state index in [4.69, 9.17) is 0 Å². The van der Waals surface area contributed by atoms with Gasteiger partial charge in [0.15, 0.2) is 11.3 Å². The number of hydrogen-bond acceptors (Lipinski definition) is 6. The molecule has 4 rings (SSSR count). The fourth-order valence-corrected chi connectivity index (χ4v) is 2.60. The molecule has 0 aromatic carbocycles. The average Bonchev–Trinajstić information content (AvgIpc) is 2.79. The summed E-state index contributed by atoms with van der Waals surface area (Å²) in [5.74, 6) is 0. The molecule has 0 atom stereocenters. The highest BCUT2D eigenvalue weighted by Gasteiger charge is 2.04. The van der Waals surface area contributed by atoms with Crippen LogP contribution >= 0.6 is 0 Å². The standard InChI is InChI=1S/2C9H9N3O.2C2H6/c2*1-6-9(13)12(2)8-7(11-6)4-3-5-10-8;2*1-2/h2*3-5H,1-2H3;2*1-2H3. The summed E-state index contributed by atoms with van der Waals surface area (Å²) in [6.07, 6.45) is 3.30. The first-order chi connectivity index (χ1) is 14.4. The van der Waals surface area contributed by atoms with E-state index < -0.39 is 0 Å². The number of pyridine rings is 2. The van der Waals surface area contributed by atoms with Gasteiger partial charge in [-0.2, -0.15) is 0 Å². The quantitative estimate of drug-likeness (QED) is 0.441. The van der Waals surface area contributed by atoms with Crippen molar-refractivity contribution < 1.29 is 0 Å². The lowest BCUT2D eigenvalue weighted by Gasteiger charge is -2.02. The first-order valence-corrected chi connectivity index (χ1v) is 9.97. The van der Waals surface area contributed by atoms with Crippen LogP contribution in [0.4, 0.5) is 0 Å². The Morgan fingerprint density at radius 1 is 0.667 bits per heavy atom. The molecule has 0 fully saturated rings. The SMILES string of the molecule is CC.CC.Cc1nc2cccnc2n(C)c1=O.Cc1nc2cccnc2n(C)c1=O. The minimum Gasteiger partial charge on any atom is -0.293 e.